The van der Waals surface area contributed by atoms with Crippen molar-refractivity contribution < 1.29 is 14.8 Å². The molecule has 0 aliphatic carbocycles. The highest BCUT2D eigenvalue weighted by atomic mass is 16.6. The first kappa shape index (κ1) is 10.5. The maximum absolute atomic E-state index is 11.0. The third kappa shape index (κ3) is 2.20. The van der Waals surface area contributed by atoms with Gasteiger partial charge in [0.15, 0.2) is 0 Å². The number of nitro benzene ring substituents is 1. The lowest BCUT2D eigenvalue weighted by molar-refractivity contribution is -0.384. The standard InChI is InChI=1S/C7H4N4O4/c8-10-9-7(13)5-3-4(11(14)15)1-2-6(5)12/h1-3,12H. The lowest BCUT2D eigenvalue weighted by Crippen LogP contribution is -1.96. The van der Waals surface area contributed by atoms with E-state index in [0.717, 1.165) is 18.2 Å². The van der Waals surface area contributed by atoms with Crippen LogP contribution in [0, 0.1) is 10.1 Å². The van der Waals surface area contributed by atoms with E-state index in [0.29, 0.717) is 0 Å². The largest absolute Gasteiger partial charge is 0.507 e. The van der Waals surface area contributed by atoms with Gasteiger partial charge in [-0.15, -0.1) is 0 Å². The molecule has 76 valence electrons. The van der Waals surface area contributed by atoms with Crippen LogP contribution >= 0.6 is 0 Å². The number of aromatic hydroxyl groups is 1. The summed E-state index contributed by atoms with van der Waals surface area (Å²) in [4.78, 5) is 22.9. The fourth-order valence-corrected chi connectivity index (χ4v) is 0.903. The Morgan fingerprint density at radius 2 is 2.27 bits per heavy atom. The molecule has 8 heteroatoms. The highest BCUT2D eigenvalue weighted by molar-refractivity contribution is 5.98. The number of hydrogen-bond acceptors (Lipinski definition) is 4. The van der Waals surface area contributed by atoms with Crippen molar-refractivity contribution >= 4 is 11.6 Å². The maximum Gasteiger partial charge on any atom is 0.270 e. The zero-order valence-corrected chi connectivity index (χ0v) is 7.19. The van der Waals surface area contributed by atoms with Gasteiger partial charge >= 0.3 is 0 Å². The number of phenols is 1. The molecule has 1 amide bonds. The van der Waals surface area contributed by atoms with E-state index in [4.69, 9.17) is 5.53 Å². The van der Waals surface area contributed by atoms with Gasteiger partial charge in [0.05, 0.1) is 10.5 Å². The van der Waals surface area contributed by atoms with Crippen molar-refractivity contribution in [3.63, 3.8) is 0 Å². The molecule has 0 fully saturated rings. The molecule has 1 aromatic carbocycles. The van der Waals surface area contributed by atoms with E-state index in [1.165, 1.54) is 0 Å². The average Bonchev–Trinajstić information content (AvgIpc) is 2.18. The molecule has 1 N–H and O–H groups in total. The van der Waals surface area contributed by atoms with Crippen molar-refractivity contribution in [3.8, 4) is 5.75 Å². The highest BCUT2D eigenvalue weighted by Gasteiger charge is 2.14. The molecule has 0 bridgehead atoms. The Morgan fingerprint density at radius 1 is 1.60 bits per heavy atom. The number of phenolic OH excluding ortho intramolecular Hbond substituents is 1. The van der Waals surface area contributed by atoms with Gasteiger partial charge < -0.3 is 5.11 Å². The molecule has 8 nitrogen and oxygen atoms in total. The number of nitrogens with zero attached hydrogens (tertiary/aromatic N) is 4. The monoisotopic (exact) mass is 208 g/mol. The first-order chi connectivity index (χ1) is 7.06. The van der Waals surface area contributed by atoms with Crippen LogP contribution in [0.15, 0.2) is 23.3 Å². The van der Waals surface area contributed by atoms with Crippen LogP contribution in [0.4, 0.5) is 5.69 Å². The van der Waals surface area contributed by atoms with Gasteiger partial charge in [-0.2, -0.15) is 0 Å². The minimum absolute atomic E-state index is 0.371. The Labute approximate surface area is 82.5 Å². The average molecular weight is 208 g/mol. The van der Waals surface area contributed by atoms with Crippen LogP contribution in [0.2, 0.25) is 0 Å². The molecule has 0 saturated heterocycles. The Hall–Kier alpha value is -2.60. The molecule has 1 rings (SSSR count). The van der Waals surface area contributed by atoms with Crippen molar-refractivity contribution in [2.45, 2.75) is 0 Å². The van der Waals surface area contributed by atoms with E-state index in [1.807, 2.05) is 0 Å². The molecule has 0 atom stereocenters. The van der Waals surface area contributed by atoms with Crippen molar-refractivity contribution in [2.24, 2.45) is 5.11 Å². The van der Waals surface area contributed by atoms with Crippen LogP contribution in [0.1, 0.15) is 10.4 Å². The summed E-state index contributed by atoms with van der Waals surface area (Å²) in [7, 11) is 0. The Balaban J connectivity index is 3.27. The van der Waals surface area contributed by atoms with Crippen molar-refractivity contribution in [2.75, 3.05) is 0 Å². The summed E-state index contributed by atoms with van der Waals surface area (Å²) in [6, 6.07) is 2.85. The lowest BCUT2D eigenvalue weighted by Gasteiger charge is -1.98. The van der Waals surface area contributed by atoms with Crippen LogP contribution in [-0.4, -0.2) is 15.9 Å². The highest BCUT2D eigenvalue weighted by Crippen LogP contribution is 2.23. The van der Waals surface area contributed by atoms with Crippen molar-refractivity contribution in [1.82, 2.24) is 0 Å². The van der Waals surface area contributed by atoms with Crippen LogP contribution in [0.25, 0.3) is 10.4 Å². The minimum Gasteiger partial charge on any atom is -0.507 e. The molecule has 1 aromatic rings. The molecule has 0 aliphatic heterocycles. The van der Waals surface area contributed by atoms with Gasteiger partial charge in [-0.3, -0.25) is 14.9 Å². The van der Waals surface area contributed by atoms with E-state index in [1.54, 1.807) is 0 Å². The second-order valence-corrected chi connectivity index (χ2v) is 2.45. The maximum atomic E-state index is 11.0. The summed E-state index contributed by atoms with van der Waals surface area (Å²) in [6.07, 6.45) is 0. The molecule has 0 radical (unpaired) electrons. The van der Waals surface area contributed by atoms with E-state index < -0.39 is 22.1 Å². The molecular weight excluding hydrogens is 204 g/mol. The number of amides is 1. The third-order valence-electron chi connectivity index (χ3n) is 1.56. The number of hydrogen-bond donors (Lipinski definition) is 1. The number of benzene rings is 1. The third-order valence-corrected chi connectivity index (χ3v) is 1.56. The summed E-state index contributed by atoms with van der Waals surface area (Å²) >= 11 is 0. The predicted molar refractivity (Wildman–Crippen MR) is 48.2 cm³/mol. The fourth-order valence-electron chi connectivity index (χ4n) is 0.903. The first-order valence-electron chi connectivity index (χ1n) is 3.63. The number of carbonyl (C=O) groups excluding carboxylic acids is 1. The summed E-state index contributed by atoms with van der Waals surface area (Å²) in [5, 5.41) is 22.3. The van der Waals surface area contributed by atoms with Gasteiger partial charge in [0.25, 0.3) is 11.6 Å². The normalized spacial score (nSPS) is 9.07. The summed E-state index contributed by atoms with van der Waals surface area (Å²) < 4.78 is 0. The topological polar surface area (TPSA) is 129 Å². The van der Waals surface area contributed by atoms with Crippen molar-refractivity contribution in [1.29, 1.82) is 0 Å². The second-order valence-electron chi connectivity index (χ2n) is 2.45. The molecule has 0 aromatic heterocycles. The van der Waals surface area contributed by atoms with E-state index in [9.17, 15) is 20.0 Å². The van der Waals surface area contributed by atoms with E-state index in [-0.39, 0.29) is 5.69 Å². The Morgan fingerprint density at radius 3 is 2.80 bits per heavy atom. The summed E-state index contributed by atoms with van der Waals surface area (Å²) in [6.45, 7) is 0. The zero-order chi connectivity index (χ0) is 11.4. The molecule has 15 heavy (non-hydrogen) atoms. The van der Waals surface area contributed by atoms with Crippen LogP contribution in [0.5, 0.6) is 5.75 Å². The Kier molecular flexibility index (Phi) is 2.85. The van der Waals surface area contributed by atoms with Crippen molar-refractivity contribution in [3.05, 3.63) is 44.3 Å². The smallest absolute Gasteiger partial charge is 0.270 e. The van der Waals surface area contributed by atoms with Gasteiger partial charge in [0.2, 0.25) is 0 Å². The van der Waals surface area contributed by atoms with Gasteiger partial charge in [0.1, 0.15) is 5.75 Å². The second kappa shape index (κ2) is 4.07. The quantitative estimate of drug-likeness (QED) is 0.261. The Bertz CT molecular complexity index is 478. The molecule has 0 aliphatic rings. The van der Waals surface area contributed by atoms with Crippen LogP contribution in [-0.2, 0) is 0 Å². The first-order valence-corrected chi connectivity index (χ1v) is 3.63. The number of rotatable bonds is 2. The lowest BCUT2D eigenvalue weighted by atomic mass is 10.1. The number of azide groups is 1. The SMILES string of the molecule is [N-]=[N+]=NC(=O)c1cc([N+](=O)[O-])ccc1O. The summed E-state index contributed by atoms with van der Waals surface area (Å²) in [5.74, 6) is -1.54. The fraction of sp³-hybridized carbons (Fsp3) is 0. The van der Waals surface area contributed by atoms with E-state index in [2.05, 4.69) is 10.0 Å². The molecular formula is C7H4N4O4. The molecule has 0 heterocycles. The van der Waals surface area contributed by atoms with Gasteiger partial charge in [0, 0.05) is 17.0 Å². The predicted octanol–water partition coefficient (Wildman–Crippen LogP) is 1.75. The molecule has 0 unspecified atom stereocenters. The molecule has 0 saturated carbocycles. The number of nitro groups is 1. The number of carbonyl (C=O) groups is 1. The van der Waals surface area contributed by atoms with Gasteiger partial charge in [-0.1, -0.05) is 0 Å². The summed E-state index contributed by atoms with van der Waals surface area (Å²) in [5.41, 5.74) is 7.22. The van der Waals surface area contributed by atoms with Gasteiger partial charge in [-0.25, -0.2) is 0 Å². The van der Waals surface area contributed by atoms with Crippen LogP contribution in [0.3, 0.4) is 0 Å². The molecule has 0 spiro atoms. The van der Waals surface area contributed by atoms with E-state index >= 15 is 0 Å². The van der Waals surface area contributed by atoms with Crippen LogP contribution < -0.4 is 0 Å². The minimum atomic E-state index is -1.07. The van der Waals surface area contributed by atoms with Gasteiger partial charge in [-0.05, 0) is 16.7 Å². The number of non-ortho nitro benzene ring substituents is 1. The zero-order valence-electron chi connectivity index (χ0n) is 7.19.